The van der Waals surface area contributed by atoms with Gasteiger partial charge in [0.25, 0.3) is 11.9 Å². The number of halogens is 1. The number of nitrogens with one attached hydrogen (secondary N) is 1. The smallest absolute Gasteiger partial charge is 0.296 e. The number of oxazole rings is 1. The van der Waals surface area contributed by atoms with Gasteiger partial charge in [0, 0.05) is 13.1 Å². The fourth-order valence-electron chi connectivity index (χ4n) is 1.98. The maximum Gasteiger partial charge on any atom is 0.296 e. The van der Waals surface area contributed by atoms with E-state index in [0.29, 0.717) is 11.1 Å². The van der Waals surface area contributed by atoms with Crippen LogP contribution in [0.25, 0.3) is 11.1 Å². The van der Waals surface area contributed by atoms with Crippen molar-refractivity contribution in [1.82, 2.24) is 9.88 Å². The largest absolute Gasteiger partial charge is 0.424 e. The van der Waals surface area contributed by atoms with Crippen molar-refractivity contribution < 1.29 is 18.4 Å². The van der Waals surface area contributed by atoms with E-state index in [1.165, 1.54) is 25.2 Å². The Morgan fingerprint density at radius 3 is 2.95 bits per heavy atom. The van der Waals surface area contributed by atoms with E-state index in [9.17, 15) is 14.0 Å². The number of aromatic nitrogens is 1. The van der Waals surface area contributed by atoms with Crippen LogP contribution in [-0.2, 0) is 9.59 Å². The van der Waals surface area contributed by atoms with Crippen LogP contribution < -0.4 is 5.32 Å². The molecule has 2 aromatic rings. The van der Waals surface area contributed by atoms with Crippen LogP contribution in [0.15, 0.2) is 22.6 Å². The predicted molar refractivity (Wildman–Crippen MR) is 63.8 cm³/mol. The summed E-state index contributed by atoms with van der Waals surface area (Å²) in [7, 11) is 1.42. The van der Waals surface area contributed by atoms with Crippen LogP contribution in [0, 0.1) is 5.82 Å². The molecule has 1 aromatic carbocycles. The highest BCUT2D eigenvalue weighted by atomic mass is 19.1. The maximum atomic E-state index is 13.0. The van der Waals surface area contributed by atoms with Crippen molar-refractivity contribution in [3.63, 3.8) is 0 Å². The van der Waals surface area contributed by atoms with Crippen molar-refractivity contribution in [2.75, 3.05) is 12.4 Å². The van der Waals surface area contributed by atoms with E-state index in [2.05, 4.69) is 10.3 Å². The molecule has 3 rings (SSSR count). The Morgan fingerprint density at radius 1 is 1.47 bits per heavy atom. The molecule has 2 amide bonds. The van der Waals surface area contributed by atoms with E-state index >= 15 is 0 Å². The molecule has 1 N–H and O–H groups in total. The molecule has 1 atom stereocenters. The molecule has 1 fully saturated rings. The Hall–Kier alpha value is -2.44. The van der Waals surface area contributed by atoms with Gasteiger partial charge in [-0.2, -0.15) is 4.98 Å². The first kappa shape index (κ1) is 11.6. The van der Waals surface area contributed by atoms with Crippen LogP contribution >= 0.6 is 0 Å². The van der Waals surface area contributed by atoms with E-state index < -0.39 is 11.9 Å². The third kappa shape index (κ3) is 1.92. The normalized spacial score (nSPS) is 19.5. The van der Waals surface area contributed by atoms with Gasteiger partial charge in [0.15, 0.2) is 5.58 Å². The summed E-state index contributed by atoms with van der Waals surface area (Å²) in [5.74, 6) is -1.01. The van der Waals surface area contributed by atoms with Gasteiger partial charge < -0.3 is 9.73 Å². The second kappa shape index (κ2) is 4.04. The lowest BCUT2D eigenvalue weighted by molar-refractivity contribution is -0.136. The molecule has 7 heteroatoms. The number of imide groups is 1. The van der Waals surface area contributed by atoms with Gasteiger partial charge in [-0.3, -0.25) is 14.5 Å². The van der Waals surface area contributed by atoms with Crippen molar-refractivity contribution in [3.8, 4) is 0 Å². The first-order chi connectivity index (χ1) is 9.04. The van der Waals surface area contributed by atoms with Crippen molar-refractivity contribution >= 4 is 28.9 Å². The zero-order valence-electron chi connectivity index (χ0n) is 10.0. The lowest BCUT2D eigenvalue weighted by Crippen LogP contribution is -2.31. The van der Waals surface area contributed by atoms with E-state index in [-0.39, 0.29) is 24.2 Å². The Kier molecular flexibility index (Phi) is 2.48. The standard InChI is InChI=1S/C12H10FN3O3/c1-16-10(17)5-8(11(16)18)15-12-14-7-4-6(13)2-3-9(7)19-12/h2-4,8H,5H2,1H3,(H,14,15)/t8-/m0/s1. The highest BCUT2D eigenvalue weighted by molar-refractivity contribution is 6.06. The number of hydrogen-bond acceptors (Lipinski definition) is 5. The highest BCUT2D eigenvalue weighted by Crippen LogP contribution is 2.22. The maximum absolute atomic E-state index is 13.0. The number of fused-ring (bicyclic) bond motifs is 1. The summed E-state index contributed by atoms with van der Waals surface area (Å²) in [6, 6.07) is 3.36. The van der Waals surface area contributed by atoms with Crippen LogP contribution in [-0.4, -0.2) is 34.8 Å². The van der Waals surface area contributed by atoms with Crippen LogP contribution in [0.2, 0.25) is 0 Å². The number of hydrogen-bond donors (Lipinski definition) is 1. The molecule has 1 aromatic heterocycles. The number of carbonyl (C=O) groups is 2. The minimum Gasteiger partial charge on any atom is -0.424 e. The lowest BCUT2D eigenvalue weighted by atomic mass is 10.2. The Morgan fingerprint density at radius 2 is 2.26 bits per heavy atom. The molecule has 0 bridgehead atoms. The number of nitrogens with zero attached hydrogens (tertiary/aromatic N) is 2. The van der Waals surface area contributed by atoms with Gasteiger partial charge in [0.05, 0.1) is 6.42 Å². The van der Waals surface area contributed by atoms with Crippen molar-refractivity contribution in [3.05, 3.63) is 24.0 Å². The van der Waals surface area contributed by atoms with Crippen LogP contribution in [0.4, 0.5) is 10.4 Å². The number of likely N-dealkylation sites (N-methyl/N-ethyl adjacent to an activating group) is 1. The van der Waals surface area contributed by atoms with Gasteiger partial charge in [-0.15, -0.1) is 0 Å². The van der Waals surface area contributed by atoms with Gasteiger partial charge in [-0.1, -0.05) is 0 Å². The number of rotatable bonds is 2. The summed E-state index contributed by atoms with van der Waals surface area (Å²) >= 11 is 0. The Bertz CT molecular complexity index is 682. The molecule has 1 aliphatic rings. The fraction of sp³-hybridized carbons (Fsp3) is 0.250. The zero-order valence-corrected chi connectivity index (χ0v) is 10.0. The summed E-state index contributed by atoms with van der Waals surface area (Å²) in [4.78, 5) is 28.1. The molecule has 0 aliphatic carbocycles. The minimum absolute atomic E-state index is 0.0580. The molecule has 0 radical (unpaired) electrons. The summed E-state index contributed by atoms with van der Waals surface area (Å²) in [6.07, 6.45) is 0.0580. The number of amides is 2. The minimum atomic E-state index is -0.685. The number of likely N-dealkylation sites (tertiary alicyclic amines) is 1. The van der Waals surface area contributed by atoms with E-state index in [1.54, 1.807) is 0 Å². The SMILES string of the molecule is CN1C(=O)C[C@H](Nc2nc3cc(F)ccc3o2)C1=O. The first-order valence-corrected chi connectivity index (χ1v) is 5.67. The lowest BCUT2D eigenvalue weighted by Gasteiger charge is -2.08. The molecule has 0 unspecified atom stereocenters. The predicted octanol–water partition coefficient (Wildman–Crippen LogP) is 1.14. The second-order valence-electron chi connectivity index (χ2n) is 4.32. The molecule has 1 saturated heterocycles. The molecule has 6 nitrogen and oxygen atoms in total. The molecule has 0 saturated carbocycles. The number of benzene rings is 1. The van der Waals surface area contributed by atoms with Crippen molar-refractivity contribution in [2.24, 2.45) is 0 Å². The molecule has 0 spiro atoms. The summed E-state index contributed by atoms with van der Waals surface area (Å²) in [5.41, 5.74) is 0.765. The molecular formula is C12H10FN3O3. The van der Waals surface area contributed by atoms with Gasteiger partial charge in [-0.05, 0) is 12.1 Å². The summed E-state index contributed by atoms with van der Waals surface area (Å²) < 4.78 is 18.3. The monoisotopic (exact) mass is 263 g/mol. The molecule has 1 aliphatic heterocycles. The third-order valence-corrected chi connectivity index (χ3v) is 3.03. The van der Waals surface area contributed by atoms with E-state index in [4.69, 9.17) is 4.42 Å². The molecule has 2 heterocycles. The average molecular weight is 263 g/mol. The molecule has 98 valence electrons. The van der Waals surface area contributed by atoms with Crippen LogP contribution in [0.5, 0.6) is 0 Å². The Labute approximate surface area is 107 Å². The first-order valence-electron chi connectivity index (χ1n) is 5.67. The highest BCUT2D eigenvalue weighted by Gasteiger charge is 2.36. The van der Waals surface area contributed by atoms with Gasteiger partial charge in [-0.25, -0.2) is 4.39 Å². The summed E-state index contributed by atoms with van der Waals surface area (Å²) in [6.45, 7) is 0. The van der Waals surface area contributed by atoms with Gasteiger partial charge in [0.1, 0.15) is 17.4 Å². The van der Waals surface area contributed by atoms with Gasteiger partial charge in [0.2, 0.25) is 5.91 Å². The quantitative estimate of drug-likeness (QED) is 0.822. The van der Waals surface area contributed by atoms with E-state index in [0.717, 1.165) is 4.90 Å². The third-order valence-electron chi connectivity index (χ3n) is 3.03. The zero-order chi connectivity index (χ0) is 13.6. The summed E-state index contributed by atoms with van der Waals surface area (Å²) in [5, 5.41) is 2.75. The van der Waals surface area contributed by atoms with Gasteiger partial charge >= 0.3 is 0 Å². The molecular weight excluding hydrogens is 253 g/mol. The van der Waals surface area contributed by atoms with E-state index in [1.807, 2.05) is 0 Å². The average Bonchev–Trinajstić information content (AvgIpc) is 2.86. The van der Waals surface area contributed by atoms with Crippen LogP contribution in [0.1, 0.15) is 6.42 Å². The number of carbonyl (C=O) groups excluding carboxylic acids is 2. The Balaban J connectivity index is 1.86. The second-order valence-corrected chi connectivity index (χ2v) is 4.32. The van der Waals surface area contributed by atoms with Crippen LogP contribution in [0.3, 0.4) is 0 Å². The fourth-order valence-corrected chi connectivity index (χ4v) is 1.98. The number of anilines is 1. The van der Waals surface area contributed by atoms with Crippen molar-refractivity contribution in [1.29, 1.82) is 0 Å². The van der Waals surface area contributed by atoms with Crippen molar-refractivity contribution in [2.45, 2.75) is 12.5 Å². The molecule has 19 heavy (non-hydrogen) atoms. The topological polar surface area (TPSA) is 75.4 Å².